The molecule has 1 spiro atoms. The fraction of sp³-hybridized carbons (Fsp3) is 0.625. The van der Waals surface area contributed by atoms with E-state index in [1.807, 2.05) is 6.07 Å². The minimum Gasteiger partial charge on any atom is -0.375 e. The minimum atomic E-state index is -0.240. The van der Waals surface area contributed by atoms with Crippen molar-refractivity contribution in [3.63, 3.8) is 0 Å². The van der Waals surface area contributed by atoms with Gasteiger partial charge in [-0.15, -0.1) is 0 Å². The van der Waals surface area contributed by atoms with Gasteiger partial charge in [0.05, 0.1) is 10.1 Å². The smallest absolute Gasteiger partial charge is 0.137 e. The zero-order valence-corrected chi connectivity index (χ0v) is 13.7. The third kappa shape index (κ3) is 3.16. The van der Waals surface area contributed by atoms with Crippen LogP contribution in [0.2, 0.25) is 0 Å². The molecule has 2 aliphatic rings. The largest absolute Gasteiger partial charge is 0.375 e. The molecule has 2 unspecified atom stereocenters. The lowest BCUT2D eigenvalue weighted by Gasteiger charge is -2.41. The van der Waals surface area contributed by atoms with Crippen molar-refractivity contribution >= 4 is 15.9 Å². The molecule has 1 aromatic carbocycles. The molecule has 0 radical (unpaired) electrons. The summed E-state index contributed by atoms with van der Waals surface area (Å²) in [6, 6.07) is 5.24. The lowest BCUT2D eigenvalue weighted by Crippen LogP contribution is -2.43. The molecule has 116 valence electrons. The van der Waals surface area contributed by atoms with Crippen LogP contribution in [0.25, 0.3) is 0 Å². The van der Waals surface area contributed by atoms with E-state index in [9.17, 15) is 4.39 Å². The molecular weight excluding hydrogens is 335 g/mol. The van der Waals surface area contributed by atoms with Crippen molar-refractivity contribution in [1.82, 2.24) is 5.43 Å². The van der Waals surface area contributed by atoms with Crippen LogP contribution in [0.3, 0.4) is 0 Å². The van der Waals surface area contributed by atoms with Crippen molar-refractivity contribution in [1.29, 1.82) is 0 Å². The highest BCUT2D eigenvalue weighted by molar-refractivity contribution is 9.10. The van der Waals surface area contributed by atoms with Crippen LogP contribution in [-0.2, 0) is 4.74 Å². The molecule has 1 aliphatic heterocycles. The van der Waals surface area contributed by atoms with E-state index >= 15 is 0 Å². The first-order valence-electron chi connectivity index (χ1n) is 7.69. The Morgan fingerprint density at radius 1 is 1.38 bits per heavy atom. The van der Waals surface area contributed by atoms with Gasteiger partial charge in [-0.05, 0) is 65.2 Å². The molecule has 1 aliphatic carbocycles. The van der Waals surface area contributed by atoms with E-state index in [2.05, 4.69) is 21.4 Å². The molecule has 0 amide bonds. The van der Waals surface area contributed by atoms with Crippen LogP contribution in [0, 0.1) is 11.7 Å². The summed E-state index contributed by atoms with van der Waals surface area (Å²) in [4.78, 5) is 0. The fourth-order valence-corrected chi connectivity index (χ4v) is 4.17. The van der Waals surface area contributed by atoms with Crippen LogP contribution < -0.4 is 11.3 Å². The van der Waals surface area contributed by atoms with Gasteiger partial charge in [-0.25, -0.2) is 4.39 Å². The number of halogens is 2. The maximum Gasteiger partial charge on any atom is 0.137 e. The molecule has 3 rings (SSSR count). The molecule has 5 heteroatoms. The van der Waals surface area contributed by atoms with Crippen LogP contribution in [0.4, 0.5) is 4.39 Å². The van der Waals surface area contributed by atoms with Crippen molar-refractivity contribution in [3.8, 4) is 0 Å². The average molecular weight is 357 g/mol. The van der Waals surface area contributed by atoms with E-state index < -0.39 is 0 Å². The molecule has 1 saturated carbocycles. The Balaban J connectivity index is 1.80. The first-order valence-corrected chi connectivity index (χ1v) is 8.48. The zero-order chi connectivity index (χ0) is 14.9. The number of ether oxygens (including phenoxy) is 1. The average Bonchev–Trinajstić information content (AvgIpc) is 2.91. The Labute approximate surface area is 133 Å². The summed E-state index contributed by atoms with van der Waals surface area (Å²) in [5.74, 6) is 5.94. The molecule has 3 N–H and O–H groups in total. The van der Waals surface area contributed by atoms with Gasteiger partial charge in [0, 0.05) is 12.6 Å². The van der Waals surface area contributed by atoms with E-state index in [-0.39, 0.29) is 17.5 Å². The number of nitrogens with two attached hydrogens (primary N) is 1. The second kappa shape index (κ2) is 6.32. The van der Waals surface area contributed by atoms with Gasteiger partial charge < -0.3 is 4.74 Å². The van der Waals surface area contributed by atoms with Crippen LogP contribution in [0.5, 0.6) is 0 Å². The molecule has 1 heterocycles. The summed E-state index contributed by atoms with van der Waals surface area (Å²) in [6.45, 7) is 0.780. The van der Waals surface area contributed by atoms with Gasteiger partial charge >= 0.3 is 0 Å². The molecule has 2 atom stereocenters. The van der Waals surface area contributed by atoms with Gasteiger partial charge in [0.1, 0.15) is 5.82 Å². The number of hydrogen-bond donors (Lipinski definition) is 2. The van der Waals surface area contributed by atoms with Crippen molar-refractivity contribution in [3.05, 3.63) is 34.1 Å². The zero-order valence-electron chi connectivity index (χ0n) is 12.1. The Kier molecular flexibility index (Phi) is 4.64. The highest BCUT2D eigenvalue weighted by atomic mass is 79.9. The number of hydrazine groups is 1. The summed E-state index contributed by atoms with van der Waals surface area (Å²) in [5, 5.41) is 0. The number of nitrogens with one attached hydrogen (secondary N) is 1. The Hall–Kier alpha value is -0.490. The second-order valence-corrected chi connectivity index (χ2v) is 7.16. The normalized spacial score (nSPS) is 26.1. The van der Waals surface area contributed by atoms with E-state index in [0.29, 0.717) is 10.4 Å². The summed E-state index contributed by atoms with van der Waals surface area (Å²) in [6.07, 6.45) is 6.78. The molecule has 1 aromatic rings. The van der Waals surface area contributed by atoms with Crippen LogP contribution in [0.15, 0.2) is 22.7 Å². The predicted octanol–water partition coefficient (Wildman–Crippen LogP) is 3.83. The Morgan fingerprint density at radius 3 is 2.81 bits per heavy atom. The summed E-state index contributed by atoms with van der Waals surface area (Å²) in [5.41, 5.74) is 3.87. The van der Waals surface area contributed by atoms with Gasteiger partial charge in [-0.1, -0.05) is 18.9 Å². The lowest BCUT2D eigenvalue weighted by atomic mass is 9.79. The van der Waals surface area contributed by atoms with Crippen molar-refractivity contribution in [2.75, 3.05) is 6.61 Å². The van der Waals surface area contributed by atoms with E-state index in [4.69, 9.17) is 10.6 Å². The highest BCUT2D eigenvalue weighted by Crippen LogP contribution is 2.45. The molecule has 0 bridgehead atoms. The number of hydrogen-bond acceptors (Lipinski definition) is 3. The van der Waals surface area contributed by atoms with Gasteiger partial charge in [-0.2, -0.15) is 0 Å². The monoisotopic (exact) mass is 356 g/mol. The highest BCUT2D eigenvalue weighted by Gasteiger charge is 2.42. The fourth-order valence-electron chi connectivity index (χ4n) is 3.93. The van der Waals surface area contributed by atoms with Crippen LogP contribution >= 0.6 is 15.9 Å². The maximum absolute atomic E-state index is 13.8. The van der Waals surface area contributed by atoms with Crippen LogP contribution in [0.1, 0.15) is 50.1 Å². The first-order chi connectivity index (χ1) is 10.1. The number of benzene rings is 1. The molecule has 2 fully saturated rings. The molecule has 1 saturated heterocycles. The minimum absolute atomic E-state index is 0.0195. The third-order valence-electron chi connectivity index (χ3n) is 5.00. The Morgan fingerprint density at radius 2 is 2.14 bits per heavy atom. The standard InChI is InChI=1S/C16H22BrFN2O/c17-13-4-3-11(9-14(13)18)15(20-19)12-5-8-21-16(10-12)6-1-2-7-16/h3-4,9,12,15,20H,1-2,5-8,10,19H2. The summed E-state index contributed by atoms with van der Waals surface area (Å²) >= 11 is 3.20. The maximum atomic E-state index is 13.8. The van der Waals surface area contributed by atoms with Gasteiger partial charge in [0.2, 0.25) is 0 Å². The SMILES string of the molecule is NNC(c1ccc(Br)c(F)c1)C1CCOC2(CCCC2)C1. The first kappa shape index (κ1) is 15.4. The van der Waals surface area contributed by atoms with E-state index in [1.165, 1.54) is 12.8 Å². The third-order valence-corrected chi connectivity index (χ3v) is 5.64. The molecule has 21 heavy (non-hydrogen) atoms. The second-order valence-electron chi connectivity index (χ2n) is 6.31. The van der Waals surface area contributed by atoms with E-state index in [0.717, 1.165) is 37.9 Å². The number of rotatable bonds is 3. The topological polar surface area (TPSA) is 47.3 Å². The van der Waals surface area contributed by atoms with Gasteiger partial charge in [0.15, 0.2) is 0 Å². The molecular formula is C16H22BrFN2O. The van der Waals surface area contributed by atoms with Gasteiger partial charge in [0.25, 0.3) is 0 Å². The predicted molar refractivity (Wildman–Crippen MR) is 84.0 cm³/mol. The van der Waals surface area contributed by atoms with E-state index in [1.54, 1.807) is 12.1 Å². The van der Waals surface area contributed by atoms with Gasteiger partial charge in [-0.3, -0.25) is 11.3 Å². The molecule has 0 aromatic heterocycles. The van der Waals surface area contributed by atoms with Crippen molar-refractivity contribution in [2.24, 2.45) is 11.8 Å². The molecule has 3 nitrogen and oxygen atoms in total. The van der Waals surface area contributed by atoms with Crippen molar-refractivity contribution < 1.29 is 9.13 Å². The summed E-state index contributed by atoms with van der Waals surface area (Å²) < 4.78 is 20.4. The quantitative estimate of drug-likeness (QED) is 0.639. The van der Waals surface area contributed by atoms with Crippen molar-refractivity contribution in [2.45, 2.75) is 50.2 Å². The summed E-state index contributed by atoms with van der Waals surface area (Å²) in [7, 11) is 0. The Bertz CT molecular complexity index is 505. The van der Waals surface area contributed by atoms with Crippen LogP contribution in [-0.4, -0.2) is 12.2 Å². The lowest BCUT2D eigenvalue weighted by molar-refractivity contribution is -0.0982.